The Bertz CT molecular complexity index is 637. The second-order valence-corrected chi connectivity index (χ2v) is 10.2. The van der Waals surface area contributed by atoms with Gasteiger partial charge in [0, 0.05) is 5.41 Å². The average Bonchev–Trinajstić information content (AvgIpc) is 2.93. The van der Waals surface area contributed by atoms with E-state index in [1.54, 1.807) is 0 Å². The highest BCUT2D eigenvalue weighted by atomic mass is 16.1. The third kappa shape index (κ3) is 3.71. The lowest BCUT2D eigenvalue weighted by atomic mass is 9.46. The molecule has 1 heteroatoms. The van der Waals surface area contributed by atoms with Gasteiger partial charge in [0.25, 0.3) is 0 Å². The van der Waals surface area contributed by atoms with Crippen LogP contribution in [0.4, 0.5) is 0 Å². The lowest BCUT2D eigenvalue weighted by Gasteiger charge is -2.58. The summed E-state index contributed by atoms with van der Waals surface area (Å²) in [5, 5.41) is 0. The first kappa shape index (κ1) is 23.2. The fourth-order valence-electron chi connectivity index (χ4n) is 6.69. The van der Waals surface area contributed by atoms with Crippen LogP contribution in [-0.4, -0.2) is 5.78 Å². The van der Waals surface area contributed by atoms with Gasteiger partial charge in [0.1, 0.15) is 0 Å². The Morgan fingerprint density at radius 2 is 1.68 bits per heavy atom. The minimum atomic E-state index is 0.158. The molecule has 158 valence electrons. The molecular weight excluding hydrogens is 340 g/mol. The number of carbonyl (C=O) groups is 1. The van der Waals surface area contributed by atoms with Gasteiger partial charge in [0.2, 0.25) is 0 Å². The standard InChI is InChI=1S/C21H30O.C4H8.C2H6/c1-19(2)10-8-18-16-6-5-14-13-15(22)7-11-20(14,3)17(16)9-12-21(18,19)4;1-3-4-2;1-2/h7,11,13,16-18H,5-6,8-10,12H2,1-4H3;3H,1,4H2,2H3;1-2H3. The molecule has 5 atom stereocenters. The molecule has 5 unspecified atom stereocenters. The van der Waals surface area contributed by atoms with E-state index in [1.165, 1.54) is 37.7 Å². The van der Waals surface area contributed by atoms with Crippen LogP contribution in [0.1, 0.15) is 93.4 Å². The Labute approximate surface area is 174 Å². The number of rotatable bonds is 1. The topological polar surface area (TPSA) is 17.1 Å². The van der Waals surface area contributed by atoms with Crippen molar-refractivity contribution in [3.05, 3.63) is 36.5 Å². The molecule has 0 heterocycles. The van der Waals surface area contributed by atoms with Crippen LogP contribution in [0.25, 0.3) is 0 Å². The largest absolute Gasteiger partial charge is 0.290 e. The monoisotopic (exact) mass is 384 g/mol. The molecule has 3 saturated carbocycles. The van der Waals surface area contributed by atoms with E-state index in [0.29, 0.717) is 10.8 Å². The molecule has 0 aliphatic heterocycles. The van der Waals surface area contributed by atoms with Crippen LogP contribution in [-0.2, 0) is 4.79 Å². The van der Waals surface area contributed by atoms with Crippen molar-refractivity contribution in [2.45, 2.75) is 93.4 Å². The molecule has 0 spiro atoms. The maximum atomic E-state index is 11.8. The molecule has 3 fully saturated rings. The van der Waals surface area contributed by atoms with Gasteiger partial charge in [-0.05, 0) is 85.7 Å². The Kier molecular flexibility index (Phi) is 7.22. The van der Waals surface area contributed by atoms with E-state index in [9.17, 15) is 4.79 Å². The predicted molar refractivity (Wildman–Crippen MR) is 122 cm³/mol. The van der Waals surface area contributed by atoms with E-state index in [0.717, 1.165) is 30.6 Å². The van der Waals surface area contributed by atoms with E-state index in [1.807, 2.05) is 32.1 Å². The molecule has 4 aliphatic carbocycles. The van der Waals surface area contributed by atoms with Crippen LogP contribution in [0, 0.1) is 34.0 Å². The predicted octanol–water partition coefficient (Wildman–Crippen LogP) is 7.93. The zero-order valence-corrected chi connectivity index (χ0v) is 19.6. The summed E-state index contributed by atoms with van der Waals surface area (Å²) < 4.78 is 0. The lowest BCUT2D eigenvalue weighted by Crippen LogP contribution is -2.50. The van der Waals surface area contributed by atoms with Crippen molar-refractivity contribution < 1.29 is 4.79 Å². The second-order valence-electron chi connectivity index (χ2n) is 10.2. The molecule has 0 saturated heterocycles. The van der Waals surface area contributed by atoms with E-state index < -0.39 is 0 Å². The Balaban J connectivity index is 0.000000419. The summed E-state index contributed by atoms with van der Waals surface area (Å²) in [6.07, 6.45) is 17.0. The molecule has 4 rings (SSSR count). The molecule has 0 aromatic rings. The molecule has 1 nitrogen and oxygen atoms in total. The summed E-state index contributed by atoms with van der Waals surface area (Å²) in [6.45, 7) is 19.5. The fraction of sp³-hybridized carbons (Fsp3) is 0.741. The highest BCUT2D eigenvalue weighted by Crippen LogP contribution is 2.69. The van der Waals surface area contributed by atoms with Gasteiger partial charge in [0.15, 0.2) is 5.78 Å². The Hall–Kier alpha value is -1.11. The summed E-state index contributed by atoms with van der Waals surface area (Å²) in [4.78, 5) is 11.8. The summed E-state index contributed by atoms with van der Waals surface area (Å²) >= 11 is 0. The molecular formula is C27H44O. The van der Waals surface area contributed by atoms with Crippen LogP contribution < -0.4 is 0 Å². The average molecular weight is 385 g/mol. The summed E-state index contributed by atoms with van der Waals surface area (Å²) in [5.74, 6) is 2.71. The van der Waals surface area contributed by atoms with Gasteiger partial charge < -0.3 is 0 Å². The normalized spacial score (nSPS) is 39.8. The molecule has 0 bridgehead atoms. The van der Waals surface area contributed by atoms with Crippen LogP contribution in [0.5, 0.6) is 0 Å². The van der Waals surface area contributed by atoms with Gasteiger partial charge in [0.05, 0.1) is 0 Å². The quantitative estimate of drug-likeness (QED) is 0.419. The molecule has 0 aromatic heterocycles. The third-order valence-electron chi connectivity index (χ3n) is 8.86. The molecule has 28 heavy (non-hydrogen) atoms. The van der Waals surface area contributed by atoms with Gasteiger partial charge >= 0.3 is 0 Å². The highest BCUT2D eigenvalue weighted by molar-refractivity contribution is 6.01. The van der Waals surface area contributed by atoms with Gasteiger partial charge in [-0.2, -0.15) is 0 Å². The maximum Gasteiger partial charge on any atom is 0.178 e. The van der Waals surface area contributed by atoms with Crippen LogP contribution in [0.3, 0.4) is 0 Å². The first-order valence-electron chi connectivity index (χ1n) is 11.7. The first-order chi connectivity index (χ1) is 13.2. The second kappa shape index (κ2) is 8.72. The Morgan fingerprint density at radius 3 is 2.29 bits per heavy atom. The fourth-order valence-corrected chi connectivity index (χ4v) is 6.69. The minimum Gasteiger partial charge on any atom is -0.290 e. The number of allylic oxidation sites excluding steroid dienone is 5. The molecule has 0 radical (unpaired) electrons. The third-order valence-corrected chi connectivity index (χ3v) is 8.86. The van der Waals surface area contributed by atoms with Crippen molar-refractivity contribution >= 4 is 5.78 Å². The van der Waals surface area contributed by atoms with Crippen molar-refractivity contribution in [2.75, 3.05) is 0 Å². The van der Waals surface area contributed by atoms with Crippen molar-refractivity contribution in [3.8, 4) is 0 Å². The molecule has 0 N–H and O–H groups in total. The zero-order chi connectivity index (χ0) is 21.2. The van der Waals surface area contributed by atoms with E-state index >= 15 is 0 Å². The van der Waals surface area contributed by atoms with Gasteiger partial charge in [-0.1, -0.05) is 66.2 Å². The summed E-state index contributed by atoms with van der Waals surface area (Å²) in [5.41, 5.74) is 2.60. The number of fused-ring (bicyclic) bond motifs is 5. The van der Waals surface area contributed by atoms with Crippen molar-refractivity contribution in [1.29, 1.82) is 0 Å². The first-order valence-corrected chi connectivity index (χ1v) is 11.7. The Morgan fingerprint density at radius 1 is 1.07 bits per heavy atom. The molecule has 0 aromatic carbocycles. The van der Waals surface area contributed by atoms with E-state index in [2.05, 4.69) is 47.3 Å². The van der Waals surface area contributed by atoms with Gasteiger partial charge in [-0.25, -0.2) is 0 Å². The van der Waals surface area contributed by atoms with Crippen molar-refractivity contribution in [1.82, 2.24) is 0 Å². The number of hydrogen-bond acceptors (Lipinski definition) is 1. The van der Waals surface area contributed by atoms with Gasteiger partial charge in [-0.15, -0.1) is 6.58 Å². The number of hydrogen-bond donors (Lipinski definition) is 0. The van der Waals surface area contributed by atoms with Crippen LogP contribution >= 0.6 is 0 Å². The number of carbonyl (C=O) groups excluding carboxylic acids is 1. The van der Waals surface area contributed by atoms with Crippen LogP contribution in [0.15, 0.2) is 36.5 Å². The summed E-state index contributed by atoms with van der Waals surface area (Å²) in [7, 11) is 0. The smallest absolute Gasteiger partial charge is 0.178 e. The van der Waals surface area contributed by atoms with Crippen LogP contribution in [0.2, 0.25) is 0 Å². The maximum absolute atomic E-state index is 11.8. The molecule has 4 aliphatic rings. The lowest BCUT2D eigenvalue weighted by molar-refractivity contribution is -0.111. The summed E-state index contributed by atoms with van der Waals surface area (Å²) in [6, 6.07) is 0. The SMILES string of the molecule is C=CCC.CC.CC12C=CC(=O)C=C1CCC1C2CCC2(C)C1CCC2(C)C. The van der Waals surface area contributed by atoms with Gasteiger partial charge in [-0.3, -0.25) is 4.79 Å². The van der Waals surface area contributed by atoms with Crippen molar-refractivity contribution in [2.24, 2.45) is 34.0 Å². The minimum absolute atomic E-state index is 0.158. The zero-order valence-electron chi connectivity index (χ0n) is 19.6. The van der Waals surface area contributed by atoms with E-state index in [4.69, 9.17) is 0 Å². The number of ketones is 1. The van der Waals surface area contributed by atoms with Crippen molar-refractivity contribution in [3.63, 3.8) is 0 Å². The highest BCUT2D eigenvalue weighted by Gasteiger charge is 2.60. The van der Waals surface area contributed by atoms with E-state index in [-0.39, 0.29) is 11.2 Å². The molecule has 0 amide bonds.